The van der Waals surface area contributed by atoms with E-state index >= 15 is 0 Å². The van der Waals surface area contributed by atoms with Crippen molar-refractivity contribution in [2.75, 3.05) is 19.7 Å². The molecular weight excluding hydrogens is 433 g/mol. The number of rotatable bonds is 10. The van der Waals surface area contributed by atoms with Crippen LogP contribution in [0.1, 0.15) is 26.2 Å². The van der Waals surface area contributed by atoms with Crippen LogP contribution in [0.25, 0.3) is 0 Å². The Morgan fingerprint density at radius 3 is 2.36 bits per heavy atom. The Balaban J connectivity index is 2.37. The summed E-state index contributed by atoms with van der Waals surface area (Å²) >= 11 is 11.7. The zero-order chi connectivity index (χ0) is 21.2. The van der Waals surface area contributed by atoms with Gasteiger partial charge in [0.1, 0.15) is 4.90 Å². The molecule has 0 saturated heterocycles. The zero-order valence-electron chi connectivity index (χ0n) is 15.1. The lowest BCUT2D eigenvalue weighted by Crippen LogP contribution is -2.41. The van der Waals surface area contributed by atoms with Gasteiger partial charge in [0.15, 0.2) is 6.61 Å². The Hall–Kier alpha value is -1.88. The third-order valence-electron chi connectivity index (χ3n) is 3.24. The second-order valence-corrected chi connectivity index (χ2v) is 8.04. The number of imide groups is 1. The SMILES string of the molecule is CCCCNC(=O)NC(=O)COC(=O)CCNS(=O)(=O)c1c(Cl)cccc1Cl. The van der Waals surface area contributed by atoms with Crippen LogP contribution in [0, 0.1) is 0 Å². The molecule has 0 aliphatic heterocycles. The molecule has 1 aromatic rings. The number of esters is 1. The third kappa shape index (κ3) is 8.42. The normalized spacial score (nSPS) is 11.0. The summed E-state index contributed by atoms with van der Waals surface area (Å²) in [7, 11) is -4.03. The van der Waals surface area contributed by atoms with Crippen molar-refractivity contribution >= 4 is 51.1 Å². The molecule has 1 aromatic carbocycles. The lowest BCUT2D eigenvalue weighted by molar-refractivity contribution is -0.148. The number of hydrogen-bond acceptors (Lipinski definition) is 6. The summed E-state index contributed by atoms with van der Waals surface area (Å²) in [6, 6.07) is 3.55. The van der Waals surface area contributed by atoms with Crippen molar-refractivity contribution in [3.63, 3.8) is 0 Å². The van der Waals surface area contributed by atoms with E-state index in [1.54, 1.807) is 0 Å². The molecule has 0 radical (unpaired) electrons. The molecular formula is C16H21Cl2N3O6S. The minimum absolute atomic E-state index is 0.0588. The molecule has 0 unspecified atom stereocenters. The number of nitrogens with one attached hydrogen (secondary N) is 3. The van der Waals surface area contributed by atoms with Gasteiger partial charge in [0.25, 0.3) is 5.91 Å². The van der Waals surface area contributed by atoms with Crippen molar-refractivity contribution in [1.29, 1.82) is 0 Å². The van der Waals surface area contributed by atoms with Gasteiger partial charge >= 0.3 is 12.0 Å². The van der Waals surface area contributed by atoms with Crippen LogP contribution in [0.2, 0.25) is 10.0 Å². The van der Waals surface area contributed by atoms with Crippen LogP contribution in [-0.4, -0.2) is 46.0 Å². The summed E-state index contributed by atoms with van der Waals surface area (Å²) in [6.07, 6.45) is 1.32. The number of benzene rings is 1. The molecule has 0 aliphatic rings. The second kappa shape index (κ2) is 11.8. The number of sulfonamides is 1. The average molecular weight is 454 g/mol. The highest BCUT2D eigenvalue weighted by atomic mass is 35.5. The largest absolute Gasteiger partial charge is 0.456 e. The first-order chi connectivity index (χ1) is 13.2. The topological polar surface area (TPSA) is 131 Å². The molecule has 3 N–H and O–H groups in total. The van der Waals surface area contributed by atoms with E-state index in [2.05, 4.69) is 14.8 Å². The van der Waals surface area contributed by atoms with E-state index < -0.39 is 34.5 Å². The lowest BCUT2D eigenvalue weighted by atomic mass is 10.3. The van der Waals surface area contributed by atoms with Gasteiger partial charge < -0.3 is 10.1 Å². The highest BCUT2D eigenvalue weighted by Crippen LogP contribution is 2.28. The fraction of sp³-hybridized carbons (Fsp3) is 0.438. The van der Waals surface area contributed by atoms with Crippen molar-refractivity contribution in [2.24, 2.45) is 0 Å². The van der Waals surface area contributed by atoms with Gasteiger partial charge in [-0.05, 0) is 18.6 Å². The summed E-state index contributed by atoms with van der Waals surface area (Å²) in [5.74, 6) is -1.62. The fourth-order valence-electron chi connectivity index (χ4n) is 1.90. The molecule has 0 bridgehead atoms. The van der Waals surface area contributed by atoms with Crippen molar-refractivity contribution in [3.05, 3.63) is 28.2 Å². The van der Waals surface area contributed by atoms with E-state index in [0.29, 0.717) is 6.54 Å². The number of carbonyl (C=O) groups is 3. The van der Waals surface area contributed by atoms with E-state index in [0.717, 1.165) is 12.8 Å². The number of carbonyl (C=O) groups excluding carboxylic acids is 3. The molecule has 0 aliphatic carbocycles. The molecule has 12 heteroatoms. The molecule has 9 nitrogen and oxygen atoms in total. The van der Waals surface area contributed by atoms with Crippen molar-refractivity contribution < 1.29 is 27.5 Å². The Morgan fingerprint density at radius 2 is 1.75 bits per heavy atom. The number of amides is 3. The van der Waals surface area contributed by atoms with E-state index in [-0.39, 0.29) is 27.9 Å². The molecule has 0 fully saturated rings. The minimum Gasteiger partial charge on any atom is -0.456 e. The average Bonchev–Trinajstić information content (AvgIpc) is 2.59. The summed E-state index contributed by atoms with van der Waals surface area (Å²) in [5.41, 5.74) is 0. The second-order valence-electron chi connectivity index (χ2n) is 5.52. The first-order valence-electron chi connectivity index (χ1n) is 8.34. The number of halogens is 2. The van der Waals surface area contributed by atoms with Gasteiger partial charge in [-0.1, -0.05) is 42.6 Å². The summed E-state index contributed by atoms with van der Waals surface area (Å²) in [4.78, 5) is 34.2. The first kappa shape index (κ1) is 24.2. The lowest BCUT2D eigenvalue weighted by Gasteiger charge is -2.10. The molecule has 0 heterocycles. The van der Waals surface area contributed by atoms with Gasteiger partial charge in [-0.25, -0.2) is 17.9 Å². The van der Waals surface area contributed by atoms with Crippen molar-refractivity contribution in [1.82, 2.24) is 15.4 Å². The third-order valence-corrected chi connectivity index (χ3v) is 5.66. The van der Waals surface area contributed by atoms with E-state index in [1.807, 2.05) is 12.2 Å². The van der Waals surface area contributed by atoms with Gasteiger partial charge in [-0.15, -0.1) is 0 Å². The van der Waals surface area contributed by atoms with Crippen LogP contribution >= 0.6 is 23.2 Å². The van der Waals surface area contributed by atoms with E-state index in [9.17, 15) is 22.8 Å². The molecule has 0 aromatic heterocycles. The standard InChI is InChI=1S/C16H21Cl2N3O6S/c1-2-3-8-19-16(24)21-13(22)10-27-14(23)7-9-20-28(25,26)15-11(17)5-4-6-12(15)18/h4-6,20H,2-3,7-10H2,1H3,(H2,19,21,22,24). The van der Waals surface area contributed by atoms with Crippen LogP contribution < -0.4 is 15.4 Å². The number of unbranched alkanes of at least 4 members (excludes halogenated alkanes) is 1. The molecule has 3 amide bonds. The summed E-state index contributed by atoms with van der Waals surface area (Å²) < 4.78 is 31.3. The van der Waals surface area contributed by atoms with E-state index in [1.165, 1.54) is 18.2 Å². The number of ether oxygens (including phenoxy) is 1. The Morgan fingerprint density at radius 1 is 1.11 bits per heavy atom. The molecule has 0 spiro atoms. The Kier molecular flexibility index (Phi) is 10.2. The fourth-order valence-corrected chi connectivity index (χ4v) is 4.07. The molecule has 0 atom stereocenters. The minimum atomic E-state index is -4.03. The molecule has 1 rings (SSSR count). The maximum atomic E-state index is 12.2. The number of hydrogen-bond donors (Lipinski definition) is 3. The molecule has 28 heavy (non-hydrogen) atoms. The Labute approximate surface area is 173 Å². The van der Waals surface area contributed by atoms with Crippen LogP contribution in [0.4, 0.5) is 4.79 Å². The van der Waals surface area contributed by atoms with Gasteiger partial charge in [0, 0.05) is 13.1 Å². The van der Waals surface area contributed by atoms with Gasteiger partial charge in [0.05, 0.1) is 16.5 Å². The van der Waals surface area contributed by atoms with Crippen LogP contribution in [0.15, 0.2) is 23.1 Å². The number of urea groups is 1. The summed E-state index contributed by atoms with van der Waals surface area (Å²) in [6.45, 7) is 1.42. The first-order valence-corrected chi connectivity index (χ1v) is 10.6. The van der Waals surface area contributed by atoms with Gasteiger partial charge in [-0.2, -0.15) is 0 Å². The monoisotopic (exact) mass is 453 g/mol. The van der Waals surface area contributed by atoms with Crippen molar-refractivity contribution in [2.45, 2.75) is 31.1 Å². The van der Waals surface area contributed by atoms with Gasteiger partial charge in [-0.3, -0.25) is 14.9 Å². The predicted molar refractivity (Wildman–Crippen MR) is 104 cm³/mol. The van der Waals surface area contributed by atoms with Crippen LogP contribution in [0.3, 0.4) is 0 Å². The smallest absolute Gasteiger partial charge is 0.321 e. The Bertz CT molecular complexity index is 796. The van der Waals surface area contributed by atoms with Gasteiger partial charge in [0.2, 0.25) is 10.0 Å². The zero-order valence-corrected chi connectivity index (χ0v) is 17.4. The predicted octanol–water partition coefficient (Wildman–Crippen LogP) is 1.83. The quantitative estimate of drug-likeness (QED) is 0.365. The van der Waals surface area contributed by atoms with E-state index in [4.69, 9.17) is 23.2 Å². The molecule has 156 valence electrons. The summed E-state index contributed by atoms with van der Waals surface area (Å²) in [5, 5.41) is 4.35. The van der Waals surface area contributed by atoms with Crippen molar-refractivity contribution in [3.8, 4) is 0 Å². The maximum Gasteiger partial charge on any atom is 0.321 e. The highest BCUT2D eigenvalue weighted by molar-refractivity contribution is 7.89. The van der Waals surface area contributed by atoms with Crippen LogP contribution in [0.5, 0.6) is 0 Å². The maximum absolute atomic E-state index is 12.2. The molecule has 0 saturated carbocycles. The van der Waals surface area contributed by atoms with Crippen LogP contribution in [-0.2, 0) is 24.3 Å². The highest BCUT2D eigenvalue weighted by Gasteiger charge is 2.21.